The molecule has 1 unspecified atom stereocenters. The van der Waals surface area contributed by atoms with Gasteiger partial charge < -0.3 is 0 Å². The minimum absolute atomic E-state index is 0.0303. The summed E-state index contributed by atoms with van der Waals surface area (Å²) in [5, 5.41) is 0. The van der Waals surface area contributed by atoms with E-state index >= 15 is 0 Å². The van der Waals surface area contributed by atoms with Gasteiger partial charge in [-0.1, -0.05) is 6.92 Å². The number of hydrogen-bond donors (Lipinski definition) is 0. The number of ketones is 1. The van der Waals surface area contributed by atoms with E-state index in [0.717, 1.165) is 10.2 Å². The first-order valence-electron chi connectivity index (χ1n) is 5.18. The van der Waals surface area contributed by atoms with Crippen LogP contribution in [-0.2, 0) is 4.79 Å². The topological polar surface area (TPSA) is 52.0 Å². The Hall–Kier alpha value is -0.970. The van der Waals surface area contributed by atoms with Gasteiger partial charge in [0.15, 0.2) is 5.78 Å². The van der Waals surface area contributed by atoms with Gasteiger partial charge in [-0.05, 0) is 36.7 Å². The highest BCUT2D eigenvalue weighted by Gasteiger charge is 2.18. The molecule has 1 atom stereocenters. The Morgan fingerprint density at radius 1 is 1.50 bits per heavy atom. The second-order valence-electron chi connectivity index (χ2n) is 3.75. The van der Waals surface area contributed by atoms with Gasteiger partial charge >= 0.3 is 5.69 Å². The van der Waals surface area contributed by atoms with Crippen molar-refractivity contribution >= 4 is 21.7 Å². The maximum atomic E-state index is 11.8. The largest absolute Gasteiger partial charge is 0.348 e. The van der Waals surface area contributed by atoms with E-state index in [-0.39, 0.29) is 11.5 Å². The van der Waals surface area contributed by atoms with Crippen LogP contribution in [0.15, 0.2) is 9.27 Å². The quantitative estimate of drug-likeness (QED) is 0.856. The summed E-state index contributed by atoms with van der Waals surface area (Å²) in [6.45, 7) is 7.08. The van der Waals surface area contributed by atoms with E-state index in [4.69, 9.17) is 0 Å². The third-order valence-corrected chi connectivity index (χ3v) is 3.82. The van der Waals surface area contributed by atoms with Crippen LogP contribution in [0.3, 0.4) is 0 Å². The number of halogens is 1. The van der Waals surface area contributed by atoms with Gasteiger partial charge in [0.2, 0.25) is 0 Å². The first-order valence-corrected chi connectivity index (χ1v) is 5.97. The Balaban J connectivity index is 3.40. The van der Waals surface area contributed by atoms with E-state index in [1.807, 2.05) is 0 Å². The highest BCUT2D eigenvalue weighted by molar-refractivity contribution is 9.10. The lowest BCUT2D eigenvalue weighted by atomic mass is 10.1. The summed E-state index contributed by atoms with van der Waals surface area (Å²) in [6.07, 6.45) is 0.415. The molecule has 0 aliphatic carbocycles. The molecule has 0 aromatic carbocycles. The fourth-order valence-electron chi connectivity index (χ4n) is 1.65. The van der Waals surface area contributed by atoms with Crippen molar-refractivity contribution in [3.63, 3.8) is 0 Å². The lowest BCUT2D eigenvalue weighted by molar-refractivity contribution is -0.121. The molecular formula is C11H15BrN2O2. The van der Waals surface area contributed by atoms with Crippen molar-refractivity contribution in [3.05, 3.63) is 26.3 Å². The third kappa shape index (κ3) is 2.24. The molecule has 0 bridgehead atoms. The van der Waals surface area contributed by atoms with E-state index in [0.29, 0.717) is 12.1 Å². The summed E-state index contributed by atoms with van der Waals surface area (Å²) < 4.78 is 2.21. The zero-order valence-electron chi connectivity index (χ0n) is 9.87. The molecule has 1 aromatic heterocycles. The average Bonchev–Trinajstić information content (AvgIpc) is 2.24. The molecule has 0 fully saturated rings. The minimum atomic E-state index is -0.457. The summed E-state index contributed by atoms with van der Waals surface area (Å²) in [5.74, 6) is 0.0303. The van der Waals surface area contributed by atoms with Gasteiger partial charge in [0.25, 0.3) is 0 Å². The zero-order chi connectivity index (χ0) is 12.5. The Morgan fingerprint density at radius 2 is 2.06 bits per heavy atom. The molecule has 1 aromatic rings. The molecule has 0 saturated carbocycles. The van der Waals surface area contributed by atoms with E-state index in [1.165, 1.54) is 4.57 Å². The fraction of sp³-hybridized carbons (Fsp3) is 0.545. The summed E-state index contributed by atoms with van der Waals surface area (Å²) >= 11 is 3.37. The molecule has 0 radical (unpaired) electrons. The van der Waals surface area contributed by atoms with Crippen molar-refractivity contribution in [1.29, 1.82) is 0 Å². The molecule has 0 spiro atoms. The minimum Gasteiger partial charge on any atom is -0.297 e. The summed E-state index contributed by atoms with van der Waals surface area (Å²) in [5.41, 5.74) is 1.02. The second kappa shape index (κ2) is 4.91. The van der Waals surface area contributed by atoms with E-state index in [1.54, 1.807) is 27.7 Å². The van der Waals surface area contributed by atoms with Crippen LogP contribution in [0.4, 0.5) is 0 Å². The molecule has 0 aliphatic rings. The molecule has 0 aliphatic heterocycles. The van der Waals surface area contributed by atoms with Crippen molar-refractivity contribution < 1.29 is 4.79 Å². The van der Waals surface area contributed by atoms with Crippen LogP contribution < -0.4 is 5.69 Å². The number of carbonyl (C=O) groups is 1. The van der Waals surface area contributed by atoms with Crippen LogP contribution in [-0.4, -0.2) is 15.3 Å². The first-order chi connectivity index (χ1) is 7.40. The molecule has 0 N–H and O–H groups in total. The van der Waals surface area contributed by atoms with Crippen LogP contribution in [0.5, 0.6) is 0 Å². The number of carbonyl (C=O) groups excluding carboxylic acids is 1. The maximum Gasteiger partial charge on any atom is 0.348 e. The lowest BCUT2D eigenvalue weighted by Crippen LogP contribution is -2.32. The molecule has 1 rings (SSSR count). The van der Waals surface area contributed by atoms with Crippen LogP contribution in [0.25, 0.3) is 0 Å². The van der Waals surface area contributed by atoms with E-state index < -0.39 is 6.04 Å². The fourth-order valence-corrected chi connectivity index (χ4v) is 1.93. The molecule has 0 amide bonds. The van der Waals surface area contributed by atoms with Crippen LogP contribution in [0.1, 0.15) is 37.7 Å². The molecule has 0 saturated heterocycles. The van der Waals surface area contributed by atoms with Crippen LogP contribution in [0.2, 0.25) is 0 Å². The number of Topliss-reactive ketones (excluding diaryl/α,β-unsaturated/α-hetero) is 1. The van der Waals surface area contributed by atoms with E-state index in [2.05, 4.69) is 20.9 Å². The van der Waals surface area contributed by atoms with Crippen molar-refractivity contribution in [1.82, 2.24) is 9.55 Å². The van der Waals surface area contributed by atoms with Crippen molar-refractivity contribution in [2.45, 2.75) is 40.2 Å². The Kier molecular flexibility index (Phi) is 4.02. The second-order valence-corrected chi connectivity index (χ2v) is 4.54. The number of aryl methyl sites for hydroxylation is 1. The van der Waals surface area contributed by atoms with Gasteiger partial charge in [-0.2, -0.15) is 4.98 Å². The number of aromatic nitrogens is 2. The number of hydrogen-bond acceptors (Lipinski definition) is 3. The molecule has 16 heavy (non-hydrogen) atoms. The summed E-state index contributed by atoms with van der Waals surface area (Å²) in [7, 11) is 0. The average molecular weight is 287 g/mol. The standard InChI is InChI=1S/C11H15BrN2O2/c1-5-9(15)7(3)14-8(4)10(12)6(2)13-11(14)16/h7H,5H2,1-4H3. The monoisotopic (exact) mass is 286 g/mol. The number of rotatable bonds is 3. The van der Waals surface area contributed by atoms with Crippen molar-refractivity contribution in [2.24, 2.45) is 0 Å². The zero-order valence-corrected chi connectivity index (χ0v) is 11.5. The third-order valence-electron chi connectivity index (χ3n) is 2.67. The SMILES string of the molecule is CCC(=O)C(C)n1c(C)c(Br)c(C)nc1=O. The Bertz CT molecular complexity index is 480. The highest BCUT2D eigenvalue weighted by Crippen LogP contribution is 2.20. The molecule has 5 heteroatoms. The Morgan fingerprint density at radius 3 is 2.56 bits per heavy atom. The van der Waals surface area contributed by atoms with Gasteiger partial charge in [0.1, 0.15) is 0 Å². The highest BCUT2D eigenvalue weighted by atomic mass is 79.9. The summed E-state index contributed by atoms with van der Waals surface area (Å²) in [4.78, 5) is 27.2. The van der Waals surface area contributed by atoms with Gasteiger partial charge in [0, 0.05) is 12.1 Å². The smallest absolute Gasteiger partial charge is 0.297 e. The van der Waals surface area contributed by atoms with Gasteiger partial charge in [0.05, 0.1) is 16.2 Å². The number of nitrogens with zero attached hydrogens (tertiary/aromatic N) is 2. The van der Waals surface area contributed by atoms with E-state index in [9.17, 15) is 9.59 Å². The predicted octanol–water partition coefficient (Wildman–Crippen LogP) is 2.16. The Labute approximate surface area is 103 Å². The molecule has 1 heterocycles. The van der Waals surface area contributed by atoms with Gasteiger partial charge in [-0.3, -0.25) is 9.36 Å². The predicted molar refractivity (Wildman–Crippen MR) is 65.7 cm³/mol. The van der Waals surface area contributed by atoms with Crippen LogP contribution in [0, 0.1) is 13.8 Å². The molecular weight excluding hydrogens is 272 g/mol. The van der Waals surface area contributed by atoms with Crippen LogP contribution >= 0.6 is 15.9 Å². The summed E-state index contributed by atoms with van der Waals surface area (Å²) in [6, 6.07) is -0.457. The van der Waals surface area contributed by atoms with Gasteiger partial charge in [-0.25, -0.2) is 4.79 Å². The van der Waals surface area contributed by atoms with Crippen molar-refractivity contribution in [3.8, 4) is 0 Å². The molecule has 4 nitrogen and oxygen atoms in total. The first kappa shape index (κ1) is 13.1. The van der Waals surface area contributed by atoms with Gasteiger partial charge in [-0.15, -0.1) is 0 Å². The maximum absolute atomic E-state index is 11.8. The normalized spacial score (nSPS) is 12.6. The lowest BCUT2D eigenvalue weighted by Gasteiger charge is -2.17. The molecule has 88 valence electrons. The van der Waals surface area contributed by atoms with Crippen molar-refractivity contribution in [2.75, 3.05) is 0 Å².